The molecule has 0 spiro atoms. The minimum Gasteiger partial charge on any atom is -0.493 e. The van der Waals surface area contributed by atoms with Gasteiger partial charge in [-0.2, -0.15) is 26.3 Å². The summed E-state index contributed by atoms with van der Waals surface area (Å²) in [6.07, 6.45) is -8.67. The summed E-state index contributed by atoms with van der Waals surface area (Å²) in [5.41, 5.74) is 1.56. The van der Waals surface area contributed by atoms with Gasteiger partial charge in [-0.3, -0.25) is 14.5 Å². The summed E-state index contributed by atoms with van der Waals surface area (Å²) in [5, 5.41) is 0. The van der Waals surface area contributed by atoms with Crippen LogP contribution in [0.5, 0.6) is 17.2 Å². The van der Waals surface area contributed by atoms with Crippen LogP contribution in [0.15, 0.2) is 66.2 Å². The van der Waals surface area contributed by atoms with Gasteiger partial charge in [0.25, 0.3) is 11.8 Å². The van der Waals surface area contributed by atoms with E-state index in [-0.39, 0.29) is 22.8 Å². The number of carbonyl (C=O) groups is 2. The number of primary amides is 1. The largest absolute Gasteiger partial charge is 0.493 e. The maximum Gasteiger partial charge on any atom is 0.416 e. The van der Waals surface area contributed by atoms with Crippen LogP contribution in [0, 0.1) is 0 Å². The Kier molecular flexibility index (Phi) is 8.66. The lowest BCUT2D eigenvalue weighted by molar-refractivity contribution is -0.138. The third-order valence-corrected chi connectivity index (χ3v) is 5.56. The zero-order valence-electron chi connectivity index (χ0n) is 21.2. The van der Waals surface area contributed by atoms with Crippen molar-refractivity contribution in [2.24, 2.45) is 5.73 Å². The summed E-state index contributed by atoms with van der Waals surface area (Å²) in [6.45, 7) is 0. The zero-order valence-corrected chi connectivity index (χ0v) is 21.2. The summed E-state index contributed by atoms with van der Waals surface area (Å²) in [6, 6.07) is 9.38. The van der Waals surface area contributed by atoms with Crippen LogP contribution in [0.25, 0.3) is 6.08 Å². The van der Waals surface area contributed by atoms with E-state index in [2.05, 4.69) is 0 Å². The topological polar surface area (TPSA) is 91.1 Å². The molecule has 0 atom stereocenters. The van der Waals surface area contributed by atoms with Crippen LogP contribution in [0.2, 0.25) is 0 Å². The molecule has 0 aliphatic heterocycles. The van der Waals surface area contributed by atoms with Gasteiger partial charge in [0.05, 0.1) is 32.5 Å². The highest BCUT2D eigenvalue weighted by Crippen LogP contribution is 2.40. The molecule has 212 valence electrons. The van der Waals surface area contributed by atoms with Gasteiger partial charge in [0.2, 0.25) is 5.75 Å². The molecule has 2 amide bonds. The number of hydrogen-bond donors (Lipinski definition) is 1. The highest BCUT2D eigenvalue weighted by Gasteiger charge is 2.34. The summed E-state index contributed by atoms with van der Waals surface area (Å²) < 4.78 is 96.5. The molecule has 40 heavy (non-hydrogen) atoms. The van der Waals surface area contributed by atoms with Crippen LogP contribution in [0.4, 0.5) is 37.7 Å². The second-order valence-corrected chi connectivity index (χ2v) is 8.12. The monoisotopic (exact) mass is 568 g/mol. The molecule has 0 bridgehead atoms. The van der Waals surface area contributed by atoms with Crippen molar-refractivity contribution >= 4 is 29.3 Å². The van der Waals surface area contributed by atoms with E-state index in [9.17, 15) is 35.9 Å². The van der Waals surface area contributed by atoms with Gasteiger partial charge in [-0.05, 0) is 60.2 Å². The van der Waals surface area contributed by atoms with Gasteiger partial charge in [0.15, 0.2) is 11.5 Å². The van der Waals surface area contributed by atoms with Gasteiger partial charge >= 0.3 is 12.4 Å². The van der Waals surface area contributed by atoms with Gasteiger partial charge in [-0.15, -0.1) is 0 Å². The molecule has 0 radical (unpaired) electrons. The van der Waals surface area contributed by atoms with Crippen molar-refractivity contribution in [2.45, 2.75) is 12.4 Å². The number of nitrogens with two attached hydrogens (primary N) is 1. The molecule has 0 aliphatic rings. The number of anilines is 2. The zero-order chi connectivity index (χ0) is 29.8. The van der Waals surface area contributed by atoms with Gasteiger partial charge in [0.1, 0.15) is 5.57 Å². The first kappa shape index (κ1) is 29.9. The molecule has 2 N–H and O–H groups in total. The Balaban J connectivity index is 2.27. The minimum atomic E-state index is -4.84. The van der Waals surface area contributed by atoms with Crippen molar-refractivity contribution in [3.8, 4) is 17.2 Å². The van der Waals surface area contributed by atoms with E-state index >= 15 is 0 Å². The van der Waals surface area contributed by atoms with Crippen LogP contribution in [-0.2, 0) is 21.9 Å². The fourth-order valence-corrected chi connectivity index (χ4v) is 3.74. The van der Waals surface area contributed by atoms with E-state index in [0.717, 1.165) is 42.5 Å². The Labute approximate surface area is 224 Å². The second kappa shape index (κ2) is 11.6. The van der Waals surface area contributed by atoms with Crippen molar-refractivity contribution in [1.29, 1.82) is 0 Å². The number of ether oxygens (including phenoxy) is 3. The number of rotatable bonds is 8. The highest BCUT2D eigenvalue weighted by atomic mass is 19.4. The Hall–Kier alpha value is -4.68. The SMILES string of the molecule is COc1cc(C=C(C(N)=O)C(=O)N(c2cccc(C(F)(F)F)c2)c2cccc(C(F)(F)F)c2)cc(OC)c1OC. The van der Waals surface area contributed by atoms with Crippen LogP contribution in [0.3, 0.4) is 0 Å². The summed E-state index contributed by atoms with van der Waals surface area (Å²) in [5.74, 6) is -2.14. The average molecular weight is 568 g/mol. The van der Waals surface area contributed by atoms with E-state index in [1.807, 2.05) is 0 Å². The predicted molar refractivity (Wildman–Crippen MR) is 133 cm³/mol. The Bertz CT molecular complexity index is 1370. The first-order valence-electron chi connectivity index (χ1n) is 11.2. The molecule has 0 saturated heterocycles. The molecule has 0 aliphatic carbocycles. The van der Waals surface area contributed by atoms with Crippen molar-refractivity contribution in [2.75, 3.05) is 26.2 Å². The molecule has 0 saturated carbocycles. The van der Waals surface area contributed by atoms with E-state index in [1.54, 1.807) is 0 Å². The van der Waals surface area contributed by atoms with Crippen LogP contribution in [-0.4, -0.2) is 33.1 Å². The molecule has 0 fully saturated rings. The summed E-state index contributed by atoms with van der Waals surface area (Å²) >= 11 is 0. The van der Waals surface area contributed by atoms with E-state index < -0.39 is 52.2 Å². The fourth-order valence-electron chi connectivity index (χ4n) is 3.74. The Morgan fingerprint density at radius 1 is 0.750 bits per heavy atom. The molecule has 3 aromatic rings. The maximum absolute atomic E-state index is 13.8. The van der Waals surface area contributed by atoms with Gasteiger partial charge in [0, 0.05) is 11.4 Å². The molecule has 13 heteroatoms. The number of hydrogen-bond acceptors (Lipinski definition) is 5. The van der Waals surface area contributed by atoms with Gasteiger partial charge in [-0.25, -0.2) is 0 Å². The molecular formula is C27H22F6N2O5. The molecular weight excluding hydrogens is 546 g/mol. The number of carbonyl (C=O) groups excluding carboxylic acids is 2. The van der Waals surface area contributed by atoms with Crippen LogP contribution < -0.4 is 24.8 Å². The second-order valence-electron chi connectivity index (χ2n) is 8.12. The number of benzene rings is 3. The van der Waals surface area contributed by atoms with E-state index in [4.69, 9.17) is 19.9 Å². The summed E-state index contributed by atoms with van der Waals surface area (Å²) in [7, 11) is 3.97. The van der Waals surface area contributed by atoms with E-state index in [0.29, 0.717) is 17.0 Å². The van der Waals surface area contributed by atoms with Crippen LogP contribution in [0.1, 0.15) is 16.7 Å². The van der Waals surface area contributed by atoms with Crippen molar-refractivity contribution < 1.29 is 50.1 Å². The number of alkyl halides is 6. The first-order valence-corrected chi connectivity index (χ1v) is 11.2. The molecule has 3 rings (SSSR count). The summed E-state index contributed by atoms with van der Waals surface area (Å²) in [4.78, 5) is 26.7. The van der Waals surface area contributed by atoms with E-state index in [1.165, 1.54) is 33.5 Å². The number of amides is 2. The smallest absolute Gasteiger partial charge is 0.416 e. The lowest BCUT2D eigenvalue weighted by Crippen LogP contribution is -2.33. The normalized spacial score (nSPS) is 12.1. The molecule has 3 aromatic carbocycles. The lowest BCUT2D eigenvalue weighted by Gasteiger charge is -2.25. The maximum atomic E-state index is 13.8. The predicted octanol–water partition coefficient (Wildman–Crippen LogP) is 5.98. The first-order chi connectivity index (χ1) is 18.7. The van der Waals surface area contributed by atoms with Crippen molar-refractivity contribution in [3.05, 3.63) is 82.9 Å². The molecule has 0 unspecified atom stereocenters. The van der Waals surface area contributed by atoms with Gasteiger partial charge < -0.3 is 19.9 Å². The quantitative estimate of drug-likeness (QED) is 0.156. The van der Waals surface area contributed by atoms with Gasteiger partial charge in [-0.1, -0.05) is 12.1 Å². The minimum absolute atomic E-state index is 0.129. The molecule has 0 heterocycles. The fraction of sp³-hybridized carbons (Fsp3) is 0.185. The number of nitrogens with zero attached hydrogens (tertiary/aromatic N) is 1. The van der Waals surface area contributed by atoms with Crippen molar-refractivity contribution in [1.82, 2.24) is 0 Å². The number of methoxy groups -OCH3 is 3. The molecule has 7 nitrogen and oxygen atoms in total. The van der Waals surface area contributed by atoms with Crippen molar-refractivity contribution in [3.63, 3.8) is 0 Å². The number of halogens is 6. The third kappa shape index (κ3) is 6.47. The molecule has 0 aromatic heterocycles. The average Bonchev–Trinajstić information content (AvgIpc) is 2.90. The highest BCUT2D eigenvalue weighted by molar-refractivity contribution is 6.27. The van der Waals surface area contributed by atoms with Crippen LogP contribution >= 0.6 is 0 Å². The Morgan fingerprint density at radius 2 is 1.20 bits per heavy atom. The third-order valence-electron chi connectivity index (χ3n) is 5.56. The lowest BCUT2D eigenvalue weighted by atomic mass is 10.1. The standard InChI is InChI=1S/C27H22F6N2O5/c1-38-21-11-15(12-22(39-2)23(21)40-3)10-20(24(34)36)25(37)35(18-8-4-6-16(13-18)26(28,29)30)19-9-5-7-17(14-19)27(31,32)33/h4-14H,1-3H3,(H2,34,36). The Morgan fingerprint density at radius 3 is 1.55 bits per heavy atom.